The highest BCUT2D eigenvalue weighted by Gasteiger charge is 2.14. The standard InChI is InChI=1S/C13H24N2O3S/c1-4-12(13-14-5-6-19-13)15-7-11(16)9-18-10(2)8-17-3/h5-6,10-12,15-16H,4,7-9H2,1-3H3. The number of aliphatic hydroxyl groups excluding tert-OH is 1. The third-order valence-corrected chi connectivity index (χ3v) is 3.62. The van der Waals surface area contributed by atoms with Gasteiger partial charge in [0.15, 0.2) is 0 Å². The van der Waals surface area contributed by atoms with Crippen LogP contribution in [0.25, 0.3) is 0 Å². The van der Waals surface area contributed by atoms with E-state index in [1.54, 1.807) is 24.6 Å². The van der Waals surface area contributed by atoms with Crippen molar-refractivity contribution in [1.82, 2.24) is 10.3 Å². The number of nitrogens with one attached hydrogen (secondary N) is 1. The number of hydrogen-bond acceptors (Lipinski definition) is 6. The molecule has 3 atom stereocenters. The summed E-state index contributed by atoms with van der Waals surface area (Å²) in [6.07, 6.45) is 2.23. The molecule has 0 spiro atoms. The fourth-order valence-corrected chi connectivity index (χ4v) is 2.51. The Labute approximate surface area is 119 Å². The summed E-state index contributed by atoms with van der Waals surface area (Å²) in [4.78, 5) is 4.29. The average Bonchev–Trinajstić information content (AvgIpc) is 2.91. The van der Waals surface area contributed by atoms with Gasteiger partial charge in [-0.1, -0.05) is 6.92 Å². The number of aliphatic hydroxyl groups is 1. The van der Waals surface area contributed by atoms with Gasteiger partial charge in [-0.15, -0.1) is 11.3 Å². The van der Waals surface area contributed by atoms with Gasteiger partial charge in [-0.05, 0) is 13.3 Å². The summed E-state index contributed by atoms with van der Waals surface area (Å²) in [6.45, 7) is 5.37. The van der Waals surface area contributed by atoms with E-state index in [4.69, 9.17) is 9.47 Å². The molecule has 6 heteroatoms. The second-order valence-electron chi connectivity index (χ2n) is 4.49. The topological polar surface area (TPSA) is 63.6 Å². The Bertz CT molecular complexity index is 322. The third-order valence-electron chi connectivity index (χ3n) is 2.73. The Morgan fingerprint density at radius 3 is 2.84 bits per heavy atom. The Kier molecular flexibility index (Phi) is 8.16. The van der Waals surface area contributed by atoms with Gasteiger partial charge in [0.1, 0.15) is 5.01 Å². The van der Waals surface area contributed by atoms with Crippen LogP contribution in [-0.2, 0) is 9.47 Å². The maximum absolute atomic E-state index is 9.86. The van der Waals surface area contributed by atoms with E-state index >= 15 is 0 Å². The third kappa shape index (κ3) is 6.44. The SMILES string of the molecule is CCC(NCC(O)COC(C)COC)c1nccs1. The number of hydrogen-bond donors (Lipinski definition) is 2. The molecule has 0 aliphatic heterocycles. The number of rotatable bonds is 10. The first-order chi connectivity index (χ1) is 9.17. The lowest BCUT2D eigenvalue weighted by Crippen LogP contribution is -2.34. The Morgan fingerprint density at radius 1 is 1.47 bits per heavy atom. The molecule has 0 aromatic carbocycles. The second-order valence-corrected chi connectivity index (χ2v) is 5.42. The molecule has 2 N–H and O–H groups in total. The van der Waals surface area contributed by atoms with Crippen LogP contribution >= 0.6 is 11.3 Å². The maximum atomic E-state index is 9.86. The predicted molar refractivity (Wildman–Crippen MR) is 76.4 cm³/mol. The van der Waals surface area contributed by atoms with Gasteiger partial charge in [-0.2, -0.15) is 0 Å². The number of nitrogens with zero attached hydrogens (tertiary/aromatic N) is 1. The zero-order valence-electron chi connectivity index (χ0n) is 11.8. The van der Waals surface area contributed by atoms with E-state index in [2.05, 4.69) is 17.2 Å². The largest absolute Gasteiger partial charge is 0.389 e. The average molecular weight is 288 g/mol. The number of methoxy groups -OCH3 is 1. The van der Waals surface area contributed by atoms with Crippen LogP contribution in [0.5, 0.6) is 0 Å². The zero-order chi connectivity index (χ0) is 14.1. The molecule has 0 bridgehead atoms. The molecular weight excluding hydrogens is 264 g/mol. The molecule has 5 nitrogen and oxygen atoms in total. The van der Waals surface area contributed by atoms with Gasteiger partial charge in [0.2, 0.25) is 0 Å². The molecular formula is C13H24N2O3S. The smallest absolute Gasteiger partial charge is 0.109 e. The van der Waals surface area contributed by atoms with Crippen LogP contribution < -0.4 is 5.32 Å². The highest BCUT2D eigenvalue weighted by atomic mass is 32.1. The normalized spacial score (nSPS) is 16.2. The fourth-order valence-electron chi connectivity index (χ4n) is 1.71. The lowest BCUT2D eigenvalue weighted by atomic mass is 10.2. The van der Waals surface area contributed by atoms with E-state index < -0.39 is 6.10 Å². The van der Waals surface area contributed by atoms with Gasteiger partial charge in [0, 0.05) is 25.2 Å². The van der Waals surface area contributed by atoms with Crippen LogP contribution in [0.15, 0.2) is 11.6 Å². The van der Waals surface area contributed by atoms with Crippen LogP contribution in [0, 0.1) is 0 Å². The first-order valence-electron chi connectivity index (χ1n) is 6.58. The molecule has 1 aromatic rings. The van der Waals surface area contributed by atoms with Crippen LogP contribution in [0.4, 0.5) is 0 Å². The lowest BCUT2D eigenvalue weighted by molar-refractivity contribution is -0.0316. The Morgan fingerprint density at radius 2 is 2.26 bits per heavy atom. The molecule has 3 unspecified atom stereocenters. The van der Waals surface area contributed by atoms with E-state index in [0.29, 0.717) is 19.8 Å². The Balaban J connectivity index is 2.23. The number of ether oxygens (including phenoxy) is 2. The highest BCUT2D eigenvalue weighted by molar-refractivity contribution is 7.09. The molecule has 0 radical (unpaired) electrons. The van der Waals surface area contributed by atoms with Gasteiger partial charge in [0.25, 0.3) is 0 Å². The highest BCUT2D eigenvalue weighted by Crippen LogP contribution is 2.18. The zero-order valence-corrected chi connectivity index (χ0v) is 12.7. The van der Waals surface area contributed by atoms with Gasteiger partial charge >= 0.3 is 0 Å². The van der Waals surface area contributed by atoms with Crippen molar-refractivity contribution in [2.75, 3.05) is 26.9 Å². The minimum Gasteiger partial charge on any atom is -0.389 e. The van der Waals surface area contributed by atoms with Crippen molar-refractivity contribution in [1.29, 1.82) is 0 Å². The molecule has 1 heterocycles. The molecule has 19 heavy (non-hydrogen) atoms. The molecule has 1 rings (SSSR count). The summed E-state index contributed by atoms with van der Waals surface area (Å²) >= 11 is 1.63. The molecule has 1 aromatic heterocycles. The summed E-state index contributed by atoms with van der Waals surface area (Å²) in [6, 6.07) is 0.200. The minimum absolute atomic E-state index is 0.000541. The number of thiazole rings is 1. The van der Waals surface area contributed by atoms with Gasteiger partial charge < -0.3 is 19.9 Å². The summed E-state index contributed by atoms with van der Waals surface area (Å²) in [5, 5.41) is 16.2. The number of aromatic nitrogens is 1. The quantitative estimate of drug-likeness (QED) is 0.684. The lowest BCUT2D eigenvalue weighted by Gasteiger charge is -2.19. The molecule has 0 fully saturated rings. The van der Waals surface area contributed by atoms with E-state index in [9.17, 15) is 5.11 Å². The summed E-state index contributed by atoms with van der Waals surface area (Å²) < 4.78 is 10.4. The van der Waals surface area contributed by atoms with Crippen molar-refractivity contribution in [3.63, 3.8) is 0 Å². The molecule has 0 aliphatic rings. The van der Waals surface area contributed by atoms with E-state index in [-0.39, 0.29) is 12.1 Å². The van der Waals surface area contributed by atoms with Crippen molar-refractivity contribution in [2.45, 2.75) is 38.5 Å². The van der Waals surface area contributed by atoms with Crippen molar-refractivity contribution in [2.24, 2.45) is 0 Å². The van der Waals surface area contributed by atoms with Crippen molar-refractivity contribution < 1.29 is 14.6 Å². The van der Waals surface area contributed by atoms with Crippen molar-refractivity contribution in [3.05, 3.63) is 16.6 Å². The van der Waals surface area contributed by atoms with Crippen molar-refractivity contribution in [3.8, 4) is 0 Å². The van der Waals surface area contributed by atoms with E-state index in [1.165, 1.54) is 0 Å². The molecule has 0 saturated heterocycles. The van der Waals surface area contributed by atoms with E-state index in [1.807, 2.05) is 12.3 Å². The monoisotopic (exact) mass is 288 g/mol. The molecule has 0 amide bonds. The first-order valence-corrected chi connectivity index (χ1v) is 7.46. The molecule has 0 aliphatic carbocycles. The van der Waals surface area contributed by atoms with Crippen molar-refractivity contribution >= 4 is 11.3 Å². The van der Waals surface area contributed by atoms with Gasteiger partial charge in [-0.25, -0.2) is 4.98 Å². The van der Waals surface area contributed by atoms with Gasteiger partial charge in [-0.3, -0.25) is 0 Å². The Hall–Kier alpha value is -0.530. The molecule has 110 valence electrons. The first kappa shape index (κ1) is 16.5. The predicted octanol–water partition coefficient (Wildman–Crippen LogP) is 1.60. The summed E-state index contributed by atoms with van der Waals surface area (Å²) in [5.41, 5.74) is 0. The summed E-state index contributed by atoms with van der Waals surface area (Å²) in [5.74, 6) is 0. The second kappa shape index (κ2) is 9.39. The van der Waals surface area contributed by atoms with Crippen LogP contribution in [0.2, 0.25) is 0 Å². The van der Waals surface area contributed by atoms with Crippen LogP contribution in [0.3, 0.4) is 0 Å². The minimum atomic E-state index is -0.520. The summed E-state index contributed by atoms with van der Waals surface area (Å²) in [7, 11) is 1.64. The van der Waals surface area contributed by atoms with Crippen LogP contribution in [0.1, 0.15) is 31.3 Å². The fraction of sp³-hybridized carbons (Fsp3) is 0.769. The van der Waals surface area contributed by atoms with Gasteiger partial charge in [0.05, 0.1) is 31.5 Å². The van der Waals surface area contributed by atoms with Crippen LogP contribution in [-0.4, -0.2) is 49.2 Å². The van der Waals surface area contributed by atoms with E-state index in [0.717, 1.165) is 11.4 Å². The maximum Gasteiger partial charge on any atom is 0.109 e. The molecule has 0 saturated carbocycles.